The fourth-order valence-corrected chi connectivity index (χ4v) is 4.30. The normalized spacial score (nSPS) is 28.4. The van der Waals surface area contributed by atoms with Crippen LogP contribution in [0.1, 0.15) is 33.9 Å². The van der Waals surface area contributed by atoms with Crippen LogP contribution in [0.25, 0.3) is 0 Å². The van der Waals surface area contributed by atoms with Crippen LogP contribution in [0.4, 0.5) is 4.39 Å². The minimum absolute atomic E-state index is 0.353. The van der Waals surface area contributed by atoms with Crippen molar-refractivity contribution >= 4 is 29.8 Å². The molecule has 0 spiro atoms. The van der Waals surface area contributed by atoms with Gasteiger partial charge in [0.25, 0.3) is 13.7 Å². The van der Waals surface area contributed by atoms with Gasteiger partial charge in [0.1, 0.15) is 33.9 Å². The number of nitrogens with zero attached hydrogens (tertiary/aromatic N) is 1. The SMILES string of the molecule is BC(B)(O[PH](=O)N[C@@H](C)C(=O)OC(C)C)C1O[C@@H](n2ccc(=O)[nH]c2=O)[C@](C)(F)[C@@H]1O. The second kappa shape index (κ2) is 9.41. The number of rotatable bonds is 8. The summed E-state index contributed by atoms with van der Waals surface area (Å²) in [4.78, 5) is 37.2. The first kappa shape index (κ1) is 25.5. The Bertz CT molecular complexity index is 953. The van der Waals surface area contributed by atoms with Crippen molar-refractivity contribution in [1.82, 2.24) is 14.6 Å². The van der Waals surface area contributed by atoms with Gasteiger partial charge in [-0.3, -0.25) is 23.7 Å². The molecule has 0 radical (unpaired) electrons. The number of esters is 1. The number of alkyl halides is 1. The predicted molar refractivity (Wildman–Crippen MR) is 114 cm³/mol. The number of carbonyl (C=O) groups excluding carboxylic acids is 1. The van der Waals surface area contributed by atoms with Crippen LogP contribution < -0.4 is 16.3 Å². The lowest BCUT2D eigenvalue weighted by Crippen LogP contribution is -2.53. The quantitative estimate of drug-likeness (QED) is 0.223. The van der Waals surface area contributed by atoms with E-state index in [2.05, 4.69) is 5.09 Å². The average molecular weight is 461 g/mol. The van der Waals surface area contributed by atoms with Crippen LogP contribution in [0.5, 0.6) is 0 Å². The number of carbonyl (C=O) groups is 1. The van der Waals surface area contributed by atoms with E-state index in [1.54, 1.807) is 13.8 Å². The molecular formula is C16H27B2FN3O8P. The van der Waals surface area contributed by atoms with Crippen LogP contribution in [-0.2, 0) is 23.4 Å². The lowest BCUT2D eigenvalue weighted by molar-refractivity contribution is -0.149. The first-order valence-electron chi connectivity index (χ1n) is 9.70. The molecular weight excluding hydrogens is 434 g/mol. The van der Waals surface area contributed by atoms with Gasteiger partial charge in [-0.05, 0) is 27.7 Å². The van der Waals surface area contributed by atoms with Crippen LogP contribution in [0.15, 0.2) is 21.9 Å². The minimum Gasteiger partial charge on any atom is -0.462 e. The number of hydrogen-bond donors (Lipinski definition) is 3. The molecule has 2 rings (SSSR count). The number of aromatic amines is 1. The number of nitrogens with one attached hydrogen (secondary N) is 2. The molecule has 1 fully saturated rings. The summed E-state index contributed by atoms with van der Waals surface area (Å²) in [5.41, 5.74) is -4.03. The van der Waals surface area contributed by atoms with Gasteiger partial charge >= 0.3 is 11.7 Å². The zero-order valence-electron chi connectivity index (χ0n) is 18.2. The van der Waals surface area contributed by atoms with Gasteiger partial charge in [-0.15, -0.1) is 0 Å². The molecule has 0 bridgehead atoms. The number of aliphatic hydroxyl groups excluding tert-OH is 1. The van der Waals surface area contributed by atoms with E-state index in [0.29, 0.717) is 0 Å². The number of aromatic nitrogens is 2. The highest BCUT2D eigenvalue weighted by molar-refractivity contribution is 7.37. The first-order chi connectivity index (χ1) is 14.2. The van der Waals surface area contributed by atoms with Crippen molar-refractivity contribution in [2.24, 2.45) is 0 Å². The smallest absolute Gasteiger partial charge is 0.330 e. The monoisotopic (exact) mass is 461 g/mol. The summed E-state index contributed by atoms with van der Waals surface area (Å²) < 4.78 is 44.7. The van der Waals surface area contributed by atoms with Gasteiger partial charge in [-0.2, -0.15) is 0 Å². The highest BCUT2D eigenvalue weighted by Crippen LogP contribution is 2.44. The maximum absolute atomic E-state index is 15.4. The van der Waals surface area contributed by atoms with Crippen molar-refractivity contribution in [3.8, 4) is 0 Å². The summed E-state index contributed by atoms with van der Waals surface area (Å²) in [6, 6.07) is 0.0839. The molecule has 0 amide bonds. The molecule has 1 aliphatic heterocycles. The molecule has 6 atom stereocenters. The van der Waals surface area contributed by atoms with Gasteiger partial charge in [-0.25, -0.2) is 14.3 Å². The van der Waals surface area contributed by atoms with E-state index in [4.69, 9.17) is 14.0 Å². The third-order valence-electron chi connectivity index (χ3n) is 4.81. The molecule has 3 N–H and O–H groups in total. The summed E-state index contributed by atoms with van der Waals surface area (Å²) in [5, 5.41) is 11.6. The molecule has 0 saturated carbocycles. The fraction of sp³-hybridized carbons (Fsp3) is 0.688. The molecule has 15 heteroatoms. The summed E-state index contributed by atoms with van der Waals surface area (Å²) >= 11 is 0. The molecule has 172 valence electrons. The van der Waals surface area contributed by atoms with Crippen molar-refractivity contribution in [1.29, 1.82) is 0 Å². The predicted octanol–water partition coefficient (Wildman–Crippen LogP) is -2.22. The van der Waals surface area contributed by atoms with Crippen LogP contribution >= 0.6 is 8.18 Å². The Labute approximate surface area is 180 Å². The Hall–Kier alpha value is -1.72. The lowest BCUT2D eigenvalue weighted by Gasteiger charge is -2.33. The first-order valence-corrected chi connectivity index (χ1v) is 11.0. The lowest BCUT2D eigenvalue weighted by atomic mass is 9.60. The Morgan fingerprint density at radius 3 is 2.61 bits per heavy atom. The maximum atomic E-state index is 15.4. The van der Waals surface area contributed by atoms with Gasteiger partial charge in [0.2, 0.25) is 0 Å². The summed E-state index contributed by atoms with van der Waals surface area (Å²) in [5.74, 6) is -0.624. The summed E-state index contributed by atoms with van der Waals surface area (Å²) in [7, 11) is -0.194. The summed E-state index contributed by atoms with van der Waals surface area (Å²) in [6.45, 7) is 5.83. The molecule has 11 nitrogen and oxygen atoms in total. The zero-order valence-corrected chi connectivity index (χ0v) is 19.2. The third-order valence-corrected chi connectivity index (χ3v) is 6.19. The molecule has 2 unspecified atom stereocenters. The van der Waals surface area contributed by atoms with E-state index >= 15 is 4.39 Å². The fourth-order valence-electron chi connectivity index (χ4n) is 3.18. The van der Waals surface area contributed by atoms with Crippen LogP contribution in [0.2, 0.25) is 0 Å². The number of aliphatic hydroxyl groups is 1. The molecule has 0 aromatic carbocycles. The molecule has 1 saturated heterocycles. The van der Waals surface area contributed by atoms with E-state index in [1.807, 2.05) is 4.98 Å². The van der Waals surface area contributed by atoms with Gasteiger partial charge in [-0.1, -0.05) is 0 Å². The van der Waals surface area contributed by atoms with Crippen molar-refractivity contribution < 1.29 is 32.9 Å². The molecule has 1 aromatic heterocycles. The molecule has 1 aromatic rings. The zero-order chi connectivity index (χ0) is 23.7. The van der Waals surface area contributed by atoms with Crippen molar-refractivity contribution in [2.75, 3.05) is 0 Å². The van der Waals surface area contributed by atoms with Gasteiger partial charge in [0.15, 0.2) is 11.9 Å². The van der Waals surface area contributed by atoms with Crippen LogP contribution in [0, 0.1) is 0 Å². The topological polar surface area (TPSA) is 149 Å². The molecule has 2 heterocycles. The van der Waals surface area contributed by atoms with E-state index in [0.717, 1.165) is 23.8 Å². The van der Waals surface area contributed by atoms with E-state index in [9.17, 15) is 24.1 Å². The van der Waals surface area contributed by atoms with Gasteiger partial charge < -0.3 is 19.1 Å². The molecule has 31 heavy (non-hydrogen) atoms. The standard InChI is InChI=1S/C16H27B2FN3O8P/c1-7(2)28-12(25)8(3)21-31(27)30-16(17,18)11-10(24)15(4,19)13(29-11)22-6-5-9(23)20-14(22)26/h5-8,10-11,13,24,31H,17-18H2,1-4H3,(H,21,27)(H,20,23,26)/t8-,10+,11?,13+,15+/m0/s1. The molecule has 1 aliphatic rings. The van der Waals surface area contributed by atoms with Gasteiger partial charge in [0, 0.05) is 17.7 Å². The van der Waals surface area contributed by atoms with Crippen LogP contribution in [0.3, 0.4) is 0 Å². The van der Waals surface area contributed by atoms with Crippen molar-refractivity contribution in [2.45, 2.75) is 69.3 Å². The highest BCUT2D eigenvalue weighted by Gasteiger charge is 2.59. The van der Waals surface area contributed by atoms with Gasteiger partial charge in [0.05, 0.1) is 6.10 Å². The largest absolute Gasteiger partial charge is 0.462 e. The Morgan fingerprint density at radius 2 is 2.06 bits per heavy atom. The second-order valence-electron chi connectivity index (χ2n) is 8.37. The van der Waals surface area contributed by atoms with Crippen LogP contribution in [-0.4, -0.2) is 71.7 Å². The third kappa shape index (κ3) is 5.75. The average Bonchev–Trinajstić information content (AvgIpc) is 2.84. The highest BCUT2D eigenvalue weighted by atomic mass is 31.1. The van der Waals surface area contributed by atoms with E-state index in [-0.39, 0.29) is 6.10 Å². The maximum Gasteiger partial charge on any atom is 0.330 e. The number of hydrogen-bond acceptors (Lipinski definition) is 8. The molecule has 0 aliphatic carbocycles. The van der Waals surface area contributed by atoms with E-state index in [1.165, 1.54) is 22.6 Å². The minimum atomic E-state index is -3.05. The van der Waals surface area contributed by atoms with E-state index < -0.39 is 60.9 Å². The van der Waals surface area contributed by atoms with Crippen molar-refractivity contribution in [3.63, 3.8) is 0 Å². The summed E-state index contributed by atoms with van der Waals surface area (Å²) in [6.07, 6.45) is -3.97. The number of H-pyrrole nitrogens is 1. The Balaban J connectivity index is 2.17. The second-order valence-corrected chi connectivity index (χ2v) is 9.43. The number of ether oxygens (including phenoxy) is 2. The van der Waals surface area contributed by atoms with Crippen molar-refractivity contribution in [3.05, 3.63) is 33.1 Å². The Morgan fingerprint density at radius 1 is 1.45 bits per heavy atom. The Kier molecular flexibility index (Phi) is 7.76. The number of halogens is 1.